The van der Waals surface area contributed by atoms with E-state index in [9.17, 15) is 0 Å². The van der Waals surface area contributed by atoms with Crippen LogP contribution in [0.25, 0.3) is 5.03 Å². The zero-order chi connectivity index (χ0) is 11.1. The second-order valence-corrected chi connectivity index (χ2v) is 3.09. The molecule has 0 aliphatic rings. The molecule has 1 aromatic carbocycles. The molecule has 0 aromatic heterocycles. The molecular formula is C12H7ClN2. The Morgan fingerprint density at radius 2 is 1.67 bits per heavy atom. The molecule has 0 heterocycles. The van der Waals surface area contributed by atoms with Crippen LogP contribution in [-0.2, 0) is 0 Å². The van der Waals surface area contributed by atoms with Gasteiger partial charge in [-0.3, -0.25) is 0 Å². The molecule has 0 fully saturated rings. The lowest BCUT2D eigenvalue weighted by atomic mass is 10.2. The molecule has 72 valence electrons. The van der Waals surface area contributed by atoms with Gasteiger partial charge in [0.15, 0.2) is 0 Å². The summed E-state index contributed by atoms with van der Waals surface area (Å²) < 4.78 is 0. The summed E-state index contributed by atoms with van der Waals surface area (Å²) in [5, 5.41) is 17.5. The Morgan fingerprint density at radius 3 is 2.20 bits per heavy atom. The third-order valence-corrected chi connectivity index (χ3v) is 2.03. The molecule has 1 rings (SSSR count). The summed E-state index contributed by atoms with van der Waals surface area (Å²) in [6, 6.07) is 12.8. The van der Waals surface area contributed by atoms with Crippen LogP contribution in [0.2, 0.25) is 0 Å². The number of nitrogens with zero attached hydrogens (tertiary/aromatic N) is 2. The van der Waals surface area contributed by atoms with E-state index in [0.717, 1.165) is 5.56 Å². The van der Waals surface area contributed by atoms with Gasteiger partial charge in [-0.25, -0.2) is 0 Å². The lowest BCUT2D eigenvalue weighted by Crippen LogP contribution is -1.75. The van der Waals surface area contributed by atoms with Crippen molar-refractivity contribution in [1.82, 2.24) is 0 Å². The molecule has 0 atom stereocenters. The van der Waals surface area contributed by atoms with Crippen LogP contribution in [0.5, 0.6) is 0 Å². The van der Waals surface area contributed by atoms with E-state index in [1.54, 1.807) is 18.2 Å². The Morgan fingerprint density at radius 1 is 1.07 bits per heavy atom. The van der Waals surface area contributed by atoms with E-state index in [2.05, 4.69) is 0 Å². The van der Waals surface area contributed by atoms with Gasteiger partial charge in [0.25, 0.3) is 0 Å². The van der Waals surface area contributed by atoms with E-state index >= 15 is 0 Å². The predicted octanol–water partition coefficient (Wildman–Crippen LogP) is 3.24. The number of hydrogen-bond acceptors (Lipinski definition) is 2. The van der Waals surface area contributed by atoms with Crippen molar-refractivity contribution in [1.29, 1.82) is 10.5 Å². The molecule has 0 unspecified atom stereocenters. The summed E-state index contributed by atoms with van der Waals surface area (Å²) in [6.07, 6.45) is 2.94. The summed E-state index contributed by atoms with van der Waals surface area (Å²) in [4.78, 5) is 0. The first-order valence-electron chi connectivity index (χ1n) is 4.21. The zero-order valence-corrected chi connectivity index (χ0v) is 8.57. The first kappa shape index (κ1) is 11.0. The number of benzene rings is 1. The Kier molecular flexibility index (Phi) is 4.16. The fraction of sp³-hybridized carbons (Fsp3) is 0. The Labute approximate surface area is 93.3 Å². The van der Waals surface area contributed by atoms with E-state index in [0.29, 0.717) is 5.03 Å². The summed E-state index contributed by atoms with van der Waals surface area (Å²) in [5.74, 6) is 0. The standard InChI is InChI=1S/C12H7ClN2/c13-12(7-6-10(8-14)9-15)11-4-2-1-3-5-11/h1-7H. The minimum Gasteiger partial charge on any atom is -0.192 e. The van der Waals surface area contributed by atoms with Crippen LogP contribution in [0.15, 0.2) is 48.1 Å². The third-order valence-electron chi connectivity index (χ3n) is 1.69. The van der Waals surface area contributed by atoms with E-state index in [-0.39, 0.29) is 5.57 Å². The van der Waals surface area contributed by atoms with Crippen molar-refractivity contribution in [2.75, 3.05) is 0 Å². The highest BCUT2D eigenvalue weighted by atomic mass is 35.5. The first-order valence-corrected chi connectivity index (χ1v) is 4.59. The Balaban J connectivity index is 2.93. The van der Waals surface area contributed by atoms with Crippen molar-refractivity contribution >= 4 is 16.6 Å². The van der Waals surface area contributed by atoms with Crippen LogP contribution >= 0.6 is 11.6 Å². The van der Waals surface area contributed by atoms with Gasteiger partial charge in [0.2, 0.25) is 0 Å². The highest BCUT2D eigenvalue weighted by molar-refractivity contribution is 6.48. The van der Waals surface area contributed by atoms with Crippen molar-refractivity contribution in [2.24, 2.45) is 0 Å². The fourth-order valence-corrected chi connectivity index (χ4v) is 1.14. The molecule has 15 heavy (non-hydrogen) atoms. The molecule has 0 spiro atoms. The van der Waals surface area contributed by atoms with E-state index in [1.165, 1.54) is 6.08 Å². The highest BCUT2D eigenvalue weighted by Crippen LogP contribution is 2.18. The summed E-state index contributed by atoms with van der Waals surface area (Å²) >= 11 is 5.96. The third kappa shape index (κ3) is 3.31. The van der Waals surface area contributed by atoms with Gasteiger partial charge in [-0.1, -0.05) is 41.9 Å². The maximum absolute atomic E-state index is 8.50. The molecule has 2 nitrogen and oxygen atoms in total. The zero-order valence-electron chi connectivity index (χ0n) is 7.81. The van der Waals surface area contributed by atoms with Crippen LogP contribution in [0.4, 0.5) is 0 Å². The first-order chi connectivity index (χ1) is 7.27. The van der Waals surface area contributed by atoms with Crippen LogP contribution in [-0.4, -0.2) is 0 Å². The summed E-state index contributed by atoms with van der Waals surface area (Å²) in [5.41, 5.74) is 0.884. The predicted molar refractivity (Wildman–Crippen MR) is 59.6 cm³/mol. The van der Waals surface area contributed by atoms with E-state index in [1.807, 2.05) is 30.3 Å². The van der Waals surface area contributed by atoms with E-state index < -0.39 is 0 Å². The molecule has 3 heteroatoms. The second kappa shape index (κ2) is 5.65. The normalized spacial score (nSPS) is 9.93. The molecule has 0 aliphatic carbocycles. The van der Waals surface area contributed by atoms with Gasteiger partial charge < -0.3 is 0 Å². The average Bonchev–Trinajstić information content (AvgIpc) is 2.31. The minimum absolute atomic E-state index is 0.0316. The monoisotopic (exact) mass is 214 g/mol. The molecule has 0 amide bonds. The topological polar surface area (TPSA) is 47.6 Å². The minimum atomic E-state index is 0.0316. The van der Waals surface area contributed by atoms with Gasteiger partial charge in [0, 0.05) is 5.03 Å². The summed E-state index contributed by atoms with van der Waals surface area (Å²) in [7, 11) is 0. The van der Waals surface area contributed by atoms with Crippen LogP contribution in [0.3, 0.4) is 0 Å². The van der Waals surface area contributed by atoms with Gasteiger partial charge in [0.05, 0.1) is 0 Å². The van der Waals surface area contributed by atoms with Crippen LogP contribution in [0, 0.1) is 22.7 Å². The lowest BCUT2D eigenvalue weighted by Gasteiger charge is -1.95. The van der Waals surface area contributed by atoms with Crippen molar-refractivity contribution in [3.8, 4) is 12.1 Å². The van der Waals surface area contributed by atoms with Gasteiger partial charge in [-0.2, -0.15) is 10.5 Å². The number of hydrogen-bond donors (Lipinski definition) is 0. The Bertz CT molecular complexity index is 457. The molecule has 0 N–H and O–H groups in total. The summed E-state index contributed by atoms with van der Waals surface area (Å²) in [6.45, 7) is 0. The molecule has 0 aliphatic heterocycles. The maximum atomic E-state index is 8.50. The second-order valence-electron chi connectivity index (χ2n) is 2.68. The molecule has 0 saturated carbocycles. The molecule has 0 radical (unpaired) electrons. The van der Waals surface area contributed by atoms with Gasteiger partial charge in [-0.15, -0.1) is 0 Å². The maximum Gasteiger partial charge on any atom is 0.129 e. The largest absolute Gasteiger partial charge is 0.192 e. The quantitative estimate of drug-likeness (QED) is 0.561. The van der Waals surface area contributed by atoms with E-state index in [4.69, 9.17) is 22.1 Å². The van der Waals surface area contributed by atoms with Crippen molar-refractivity contribution in [2.45, 2.75) is 0 Å². The number of nitriles is 2. The SMILES string of the molecule is N#CC(C#N)=CC=C(Cl)c1ccccc1. The van der Waals surface area contributed by atoms with Gasteiger partial charge >= 0.3 is 0 Å². The Hall–Kier alpha value is -2.03. The molecule has 1 aromatic rings. The molecule has 0 bridgehead atoms. The smallest absolute Gasteiger partial charge is 0.129 e. The number of halogens is 1. The van der Waals surface area contributed by atoms with Gasteiger partial charge in [0.1, 0.15) is 17.7 Å². The number of rotatable bonds is 2. The average molecular weight is 215 g/mol. The van der Waals surface area contributed by atoms with Crippen LogP contribution < -0.4 is 0 Å². The van der Waals surface area contributed by atoms with Crippen molar-refractivity contribution in [3.63, 3.8) is 0 Å². The fourth-order valence-electron chi connectivity index (χ4n) is 0.950. The van der Waals surface area contributed by atoms with Crippen molar-refractivity contribution in [3.05, 3.63) is 53.6 Å². The molecule has 0 saturated heterocycles. The van der Waals surface area contributed by atoms with Gasteiger partial charge in [-0.05, 0) is 17.7 Å². The lowest BCUT2D eigenvalue weighted by molar-refractivity contribution is 1.46. The number of allylic oxidation sites excluding steroid dienone is 3. The molecular weight excluding hydrogens is 208 g/mol. The highest BCUT2D eigenvalue weighted by Gasteiger charge is 1.95. The van der Waals surface area contributed by atoms with Crippen molar-refractivity contribution < 1.29 is 0 Å². The van der Waals surface area contributed by atoms with Crippen LogP contribution in [0.1, 0.15) is 5.56 Å².